The summed E-state index contributed by atoms with van der Waals surface area (Å²) < 4.78 is 5.37. The molecule has 2 N–H and O–H groups in total. The second kappa shape index (κ2) is 12.2. The van der Waals surface area contributed by atoms with Crippen molar-refractivity contribution in [3.05, 3.63) is 39.9 Å². The van der Waals surface area contributed by atoms with Crippen LogP contribution in [0, 0.1) is 10.1 Å². The summed E-state index contributed by atoms with van der Waals surface area (Å²) in [5.41, 5.74) is 1.05. The highest BCUT2D eigenvalue weighted by Crippen LogP contribution is 2.12. The van der Waals surface area contributed by atoms with Gasteiger partial charge in [-0.3, -0.25) is 15.0 Å². The average molecular weight is 377 g/mol. The zero-order valence-electron chi connectivity index (χ0n) is 16.2. The molecule has 1 aliphatic heterocycles. The highest BCUT2D eigenvalue weighted by atomic mass is 16.6. The lowest BCUT2D eigenvalue weighted by atomic mass is 10.2. The van der Waals surface area contributed by atoms with E-state index < -0.39 is 0 Å². The van der Waals surface area contributed by atoms with E-state index in [1.165, 1.54) is 25.0 Å². The van der Waals surface area contributed by atoms with Crippen LogP contribution in [-0.4, -0.2) is 61.7 Å². The smallest absolute Gasteiger partial charge is 0.269 e. The van der Waals surface area contributed by atoms with Crippen LogP contribution < -0.4 is 10.6 Å². The standard InChI is InChI=1S/C19H31N5O3/c1-2-3-4-9-20-19(21-10-11-23-12-14-27-15-13-23)22-16-17-5-7-18(8-6-17)24(25)26/h5-8H,2-4,9-16H2,1H3,(H2,20,21,22). The Morgan fingerprint density at radius 3 is 2.56 bits per heavy atom. The van der Waals surface area contributed by atoms with Crippen molar-refractivity contribution in [2.75, 3.05) is 45.9 Å². The number of guanidine groups is 1. The van der Waals surface area contributed by atoms with E-state index in [1.54, 1.807) is 12.1 Å². The molecule has 1 fully saturated rings. The van der Waals surface area contributed by atoms with E-state index in [0.29, 0.717) is 6.54 Å². The molecule has 1 saturated heterocycles. The Morgan fingerprint density at radius 1 is 1.19 bits per heavy atom. The summed E-state index contributed by atoms with van der Waals surface area (Å²) in [6, 6.07) is 6.55. The van der Waals surface area contributed by atoms with Crippen molar-refractivity contribution in [3.63, 3.8) is 0 Å². The van der Waals surface area contributed by atoms with Crippen LogP contribution in [-0.2, 0) is 11.3 Å². The number of aliphatic imine (C=N–C) groups is 1. The van der Waals surface area contributed by atoms with Crippen molar-refractivity contribution in [1.82, 2.24) is 15.5 Å². The van der Waals surface area contributed by atoms with E-state index >= 15 is 0 Å². The Bertz CT molecular complexity index is 586. The number of nitro benzene ring substituents is 1. The maximum Gasteiger partial charge on any atom is 0.269 e. The van der Waals surface area contributed by atoms with Crippen LogP contribution in [0.25, 0.3) is 0 Å². The van der Waals surface area contributed by atoms with Crippen LogP contribution in [0.5, 0.6) is 0 Å². The van der Waals surface area contributed by atoms with Crippen LogP contribution in [0.3, 0.4) is 0 Å². The number of hydrogen-bond acceptors (Lipinski definition) is 5. The number of benzene rings is 1. The molecule has 2 rings (SSSR count). The van der Waals surface area contributed by atoms with Gasteiger partial charge in [0.1, 0.15) is 0 Å². The maximum absolute atomic E-state index is 10.7. The number of nitro groups is 1. The number of unbranched alkanes of at least 4 members (excludes halogenated alkanes) is 2. The topological polar surface area (TPSA) is 92.0 Å². The molecule has 0 spiro atoms. The van der Waals surface area contributed by atoms with Gasteiger partial charge < -0.3 is 15.4 Å². The molecule has 0 unspecified atom stereocenters. The molecule has 150 valence electrons. The van der Waals surface area contributed by atoms with Crippen LogP contribution in [0.1, 0.15) is 31.7 Å². The highest BCUT2D eigenvalue weighted by molar-refractivity contribution is 5.79. The molecule has 0 radical (unpaired) electrons. The van der Waals surface area contributed by atoms with E-state index in [2.05, 4.69) is 27.4 Å². The summed E-state index contributed by atoms with van der Waals surface area (Å²) >= 11 is 0. The molecule has 0 amide bonds. The minimum atomic E-state index is -0.388. The van der Waals surface area contributed by atoms with Gasteiger partial charge in [0.25, 0.3) is 5.69 Å². The predicted octanol–water partition coefficient (Wildman–Crippen LogP) is 2.15. The molecular formula is C19H31N5O3. The van der Waals surface area contributed by atoms with Crippen molar-refractivity contribution in [3.8, 4) is 0 Å². The number of rotatable bonds is 10. The Kier molecular flexibility index (Phi) is 9.57. The zero-order valence-corrected chi connectivity index (χ0v) is 16.2. The van der Waals surface area contributed by atoms with Gasteiger partial charge >= 0.3 is 0 Å². The predicted molar refractivity (Wildman–Crippen MR) is 107 cm³/mol. The number of nitrogens with one attached hydrogen (secondary N) is 2. The first kappa shape index (κ1) is 21.1. The molecule has 0 bridgehead atoms. The van der Waals surface area contributed by atoms with Crippen LogP contribution in [0.2, 0.25) is 0 Å². The molecular weight excluding hydrogens is 346 g/mol. The van der Waals surface area contributed by atoms with Crippen LogP contribution in [0.4, 0.5) is 5.69 Å². The van der Waals surface area contributed by atoms with Crippen molar-refractivity contribution in [2.24, 2.45) is 4.99 Å². The first-order valence-corrected chi connectivity index (χ1v) is 9.74. The minimum Gasteiger partial charge on any atom is -0.379 e. The lowest BCUT2D eigenvalue weighted by Gasteiger charge is -2.26. The SMILES string of the molecule is CCCCCNC(=NCc1ccc([N+](=O)[O-])cc1)NCCN1CCOCC1. The van der Waals surface area contributed by atoms with Gasteiger partial charge in [0.05, 0.1) is 24.7 Å². The van der Waals surface area contributed by atoms with E-state index in [4.69, 9.17) is 4.74 Å². The summed E-state index contributed by atoms with van der Waals surface area (Å²) in [5.74, 6) is 0.790. The lowest BCUT2D eigenvalue weighted by Crippen LogP contribution is -2.44. The van der Waals surface area contributed by atoms with Crippen molar-refractivity contribution in [1.29, 1.82) is 0 Å². The molecule has 8 nitrogen and oxygen atoms in total. The third-order valence-electron chi connectivity index (χ3n) is 4.46. The highest BCUT2D eigenvalue weighted by Gasteiger charge is 2.10. The van der Waals surface area contributed by atoms with Gasteiger partial charge in [0.15, 0.2) is 5.96 Å². The quantitative estimate of drug-likeness (QED) is 0.213. The van der Waals surface area contributed by atoms with Gasteiger partial charge in [-0.15, -0.1) is 0 Å². The summed E-state index contributed by atoms with van der Waals surface area (Å²) in [4.78, 5) is 17.4. The number of hydrogen-bond donors (Lipinski definition) is 2. The Balaban J connectivity index is 1.84. The fraction of sp³-hybridized carbons (Fsp3) is 0.632. The molecule has 27 heavy (non-hydrogen) atoms. The van der Waals surface area contributed by atoms with Crippen LogP contribution >= 0.6 is 0 Å². The third-order valence-corrected chi connectivity index (χ3v) is 4.46. The summed E-state index contributed by atoms with van der Waals surface area (Å²) in [7, 11) is 0. The summed E-state index contributed by atoms with van der Waals surface area (Å²) in [6.45, 7) is 8.88. The number of non-ortho nitro benzene ring substituents is 1. The Hall–Kier alpha value is -2.19. The molecule has 1 aromatic carbocycles. The Labute approximate surface area is 161 Å². The van der Waals surface area contributed by atoms with Gasteiger partial charge in [-0.25, -0.2) is 4.99 Å². The fourth-order valence-electron chi connectivity index (χ4n) is 2.81. The fourth-order valence-corrected chi connectivity index (χ4v) is 2.81. The first-order valence-electron chi connectivity index (χ1n) is 9.74. The summed E-state index contributed by atoms with van der Waals surface area (Å²) in [5, 5.41) is 17.5. The molecule has 0 aromatic heterocycles. The van der Waals surface area contributed by atoms with Crippen molar-refractivity contribution < 1.29 is 9.66 Å². The molecule has 0 saturated carbocycles. The lowest BCUT2D eigenvalue weighted by molar-refractivity contribution is -0.384. The van der Waals surface area contributed by atoms with Gasteiger partial charge in [0, 0.05) is 44.9 Å². The minimum absolute atomic E-state index is 0.101. The van der Waals surface area contributed by atoms with Gasteiger partial charge in [-0.2, -0.15) is 0 Å². The van der Waals surface area contributed by atoms with E-state index in [-0.39, 0.29) is 10.6 Å². The summed E-state index contributed by atoms with van der Waals surface area (Å²) in [6.07, 6.45) is 3.48. The van der Waals surface area contributed by atoms with Crippen LogP contribution in [0.15, 0.2) is 29.3 Å². The Morgan fingerprint density at radius 2 is 1.89 bits per heavy atom. The van der Waals surface area contributed by atoms with Gasteiger partial charge in [-0.05, 0) is 12.0 Å². The van der Waals surface area contributed by atoms with E-state index in [1.807, 2.05) is 0 Å². The number of ether oxygens (including phenoxy) is 1. The molecule has 1 heterocycles. The number of morpholine rings is 1. The second-order valence-electron chi connectivity index (χ2n) is 6.60. The van der Waals surface area contributed by atoms with Gasteiger partial charge in [-0.1, -0.05) is 31.9 Å². The molecule has 1 aliphatic rings. The zero-order chi connectivity index (χ0) is 19.3. The second-order valence-corrected chi connectivity index (χ2v) is 6.60. The monoisotopic (exact) mass is 377 g/mol. The van der Waals surface area contributed by atoms with E-state index in [0.717, 1.165) is 63.9 Å². The average Bonchev–Trinajstić information content (AvgIpc) is 2.70. The first-order chi connectivity index (χ1) is 13.2. The van der Waals surface area contributed by atoms with Crippen molar-refractivity contribution >= 4 is 11.6 Å². The molecule has 1 aromatic rings. The molecule has 0 aliphatic carbocycles. The largest absolute Gasteiger partial charge is 0.379 e. The number of nitrogens with zero attached hydrogens (tertiary/aromatic N) is 3. The maximum atomic E-state index is 10.7. The van der Waals surface area contributed by atoms with E-state index in [9.17, 15) is 10.1 Å². The molecule has 8 heteroatoms. The van der Waals surface area contributed by atoms with Crippen molar-refractivity contribution in [2.45, 2.75) is 32.7 Å². The third kappa shape index (κ3) is 8.36. The van der Waals surface area contributed by atoms with Gasteiger partial charge in [0.2, 0.25) is 0 Å². The molecule has 0 atom stereocenters. The normalized spacial score (nSPS) is 15.5.